The molecule has 0 radical (unpaired) electrons. The Morgan fingerprint density at radius 3 is 2.23 bits per heavy atom. The van der Waals surface area contributed by atoms with Crippen LogP contribution in [0.5, 0.6) is 0 Å². The fourth-order valence-electron chi connectivity index (χ4n) is 2.88. The van der Waals surface area contributed by atoms with E-state index < -0.39 is 27.6 Å². The van der Waals surface area contributed by atoms with Gasteiger partial charge in [0.05, 0.1) is 21.2 Å². The van der Waals surface area contributed by atoms with Gasteiger partial charge in [0, 0.05) is 18.3 Å². The molecule has 9 heteroatoms. The Balaban J connectivity index is 1.97. The number of nitrogens with zero attached hydrogens (tertiary/aromatic N) is 1. The van der Waals surface area contributed by atoms with E-state index in [1.54, 1.807) is 37.3 Å². The van der Waals surface area contributed by atoms with Gasteiger partial charge < -0.3 is 5.32 Å². The monoisotopic (exact) mass is 450 g/mol. The Morgan fingerprint density at radius 2 is 1.63 bits per heavy atom. The third-order valence-electron chi connectivity index (χ3n) is 4.22. The van der Waals surface area contributed by atoms with Crippen molar-refractivity contribution in [3.05, 3.63) is 89.0 Å². The van der Waals surface area contributed by atoms with Crippen molar-refractivity contribution in [3.63, 3.8) is 0 Å². The van der Waals surface area contributed by atoms with Crippen molar-refractivity contribution < 1.29 is 22.0 Å². The summed E-state index contributed by atoms with van der Waals surface area (Å²) in [5.74, 6) is -2.53. The van der Waals surface area contributed by atoms with Gasteiger partial charge in [-0.1, -0.05) is 29.8 Å². The predicted molar refractivity (Wildman–Crippen MR) is 112 cm³/mol. The molecular formula is C21H17ClF2N2O3S. The van der Waals surface area contributed by atoms with E-state index >= 15 is 0 Å². The van der Waals surface area contributed by atoms with Crippen molar-refractivity contribution in [1.82, 2.24) is 0 Å². The molecule has 0 saturated heterocycles. The number of para-hydroxylation sites is 1. The Hall–Kier alpha value is -2.97. The lowest BCUT2D eigenvalue weighted by molar-refractivity contribution is 0.102. The smallest absolute Gasteiger partial charge is 0.264 e. The van der Waals surface area contributed by atoms with Gasteiger partial charge in [0.2, 0.25) is 0 Å². The molecule has 3 rings (SSSR count). The first-order valence-electron chi connectivity index (χ1n) is 8.87. The van der Waals surface area contributed by atoms with E-state index in [1.807, 2.05) is 0 Å². The Morgan fingerprint density at radius 1 is 1.00 bits per heavy atom. The highest BCUT2D eigenvalue weighted by molar-refractivity contribution is 7.92. The molecule has 0 aliphatic carbocycles. The van der Waals surface area contributed by atoms with E-state index in [1.165, 1.54) is 16.4 Å². The summed E-state index contributed by atoms with van der Waals surface area (Å²) in [6.45, 7) is 1.85. The lowest BCUT2D eigenvalue weighted by atomic mass is 10.2. The second kappa shape index (κ2) is 8.81. The number of benzene rings is 3. The molecule has 3 aromatic rings. The van der Waals surface area contributed by atoms with Crippen molar-refractivity contribution in [2.75, 3.05) is 16.2 Å². The minimum atomic E-state index is -3.99. The van der Waals surface area contributed by atoms with Crippen LogP contribution in [-0.4, -0.2) is 20.9 Å². The van der Waals surface area contributed by atoms with Gasteiger partial charge in [0.25, 0.3) is 15.9 Å². The second-order valence-electron chi connectivity index (χ2n) is 6.26. The minimum absolute atomic E-state index is 0.00826. The molecule has 0 aliphatic rings. The summed E-state index contributed by atoms with van der Waals surface area (Å²) in [6, 6.07) is 14.8. The number of amides is 1. The summed E-state index contributed by atoms with van der Waals surface area (Å²) in [5.41, 5.74) is 0.198. The van der Waals surface area contributed by atoms with Crippen molar-refractivity contribution in [1.29, 1.82) is 0 Å². The van der Waals surface area contributed by atoms with Crippen LogP contribution in [0.3, 0.4) is 0 Å². The average Bonchev–Trinajstić information content (AvgIpc) is 2.68. The van der Waals surface area contributed by atoms with Gasteiger partial charge in [-0.2, -0.15) is 0 Å². The molecule has 156 valence electrons. The number of carbonyl (C=O) groups is 1. The maximum Gasteiger partial charge on any atom is 0.264 e. The lowest BCUT2D eigenvalue weighted by Gasteiger charge is -2.23. The first kappa shape index (κ1) is 21.7. The number of halogens is 3. The summed E-state index contributed by atoms with van der Waals surface area (Å²) >= 11 is 6.08. The Kier molecular flexibility index (Phi) is 6.38. The Bertz CT molecular complexity index is 1170. The molecule has 0 aliphatic heterocycles. The van der Waals surface area contributed by atoms with Crippen LogP contribution in [0.25, 0.3) is 0 Å². The average molecular weight is 451 g/mol. The van der Waals surface area contributed by atoms with E-state index in [-0.39, 0.29) is 27.7 Å². The number of hydrogen-bond acceptors (Lipinski definition) is 3. The molecule has 0 unspecified atom stereocenters. The Labute approximate surface area is 178 Å². The van der Waals surface area contributed by atoms with Crippen molar-refractivity contribution in [2.24, 2.45) is 0 Å². The molecule has 0 bridgehead atoms. The van der Waals surface area contributed by atoms with E-state index in [9.17, 15) is 22.0 Å². The van der Waals surface area contributed by atoms with Crippen LogP contribution in [-0.2, 0) is 10.0 Å². The molecule has 5 nitrogen and oxygen atoms in total. The number of nitrogens with one attached hydrogen (secondary N) is 1. The standard InChI is InChI=1S/C21H17ClF2N2O3S/c1-2-26(17-6-4-3-5-7-17)30(28,29)18-8-9-20(22)19(13-18)21(27)25-16-11-14(23)10-15(24)12-16/h3-13H,2H2,1H3,(H,25,27). The molecule has 0 heterocycles. The SMILES string of the molecule is CCN(c1ccccc1)S(=O)(=O)c1ccc(Cl)c(C(=O)Nc2cc(F)cc(F)c2)c1. The summed E-state index contributed by atoms with van der Waals surface area (Å²) in [6.07, 6.45) is 0. The molecular weight excluding hydrogens is 434 g/mol. The predicted octanol–water partition coefficient (Wildman–Crippen LogP) is 5.09. The zero-order chi connectivity index (χ0) is 21.9. The van der Waals surface area contributed by atoms with Crippen LogP contribution in [0.15, 0.2) is 71.6 Å². The lowest BCUT2D eigenvalue weighted by Crippen LogP contribution is -2.31. The fraction of sp³-hybridized carbons (Fsp3) is 0.0952. The maximum absolute atomic E-state index is 13.4. The fourth-order valence-corrected chi connectivity index (χ4v) is 4.58. The van der Waals surface area contributed by atoms with Crippen LogP contribution in [0.2, 0.25) is 5.02 Å². The van der Waals surface area contributed by atoms with Gasteiger partial charge >= 0.3 is 0 Å². The van der Waals surface area contributed by atoms with E-state index in [0.717, 1.165) is 18.2 Å². The highest BCUT2D eigenvalue weighted by Crippen LogP contribution is 2.27. The van der Waals surface area contributed by atoms with Crippen LogP contribution < -0.4 is 9.62 Å². The van der Waals surface area contributed by atoms with Crippen LogP contribution >= 0.6 is 11.6 Å². The highest BCUT2D eigenvalue weighted by atomic mass is 35.5. The molecule has 0 fully saturated rings. The topological polar surface area (TPSA) is 66.5 Å². The summed E-state index contributed by atoms with van der Waals surface area (Å²) in [4.78, 5) is 12.5. The summed E-state index contributed by atoms with van der Waals surface area (Å²) in [7, 11) is -3.99. The van der Waals surface area contributed by atoms with Gasteiger partial charge in [-0.3, -0.25) is 9.10 Å². The van der Waals surface area contributed by atoms with Gasteiger partial charge in [0.15, 0.2) is 0 Å². The summed E-state index contributed by atoms with van der Waals surface area (Å²) < 4.78 is 54.2. The zero-order valence-corrected chi connectivity index (χ0v) is 17.3. The molecule has 3 aromatic carbocycles. The van der Waals surface area contributed by atoms with Gasteiger partial charge in [-0.05, 0) is 49.4 Å². The first-order valence-corrected chi connectivity index (χ1v) is 10.7. The minimum Gasteiger partial charge on any atom is -0.322 e. The highest BCUT2D eigenvalue weighted by Gasteiger charge is 2.25. The largest absolute Gasteiger partial charge is 0.322 e. The van der Waals surface area contributed by atoms with Gasteiger partial charge in [0.1, 0.15) is 11.6 Å². The molecule has 0 saturated carbocycles. The molecule has 30 heavy (non-hydrogen) atoms. The van der Waals surface area contributed by atoms with E-state index in [4.69, 9.17) is 11.6 Å². The quantitative estimate of drug-likeness (QED) is 0.569. The number of carbonyl (C=O) groups excluding carboxylic acids is 1. The summed E-state index contributed by atoms with van der Waals surface area (Å²) in [5, 5.41) is 2.31. The van der Waals surface area contributed by atoms with Crippen LogP contribution in [0.4, 0.5) is 20.2 Å². The molecule has 0 aromatic heterocycles. The van der Waals surface area contributed by atoms with E-state index in [2.05, 4.69) is 5.32 Å². The van der Waals surface area contributed by atoms with Crippen molar-refractivity contribution in [2.45, 2.75) is 11.8 Å². The van der Waals surface area contributed by atoms with Crippen LogP contribution in [0, 0.1) is 11.6 Å². The van der Waals surface area contributed by atoms with Crippen molar-refractivity contribution >= 4 is 38.9 Å². The molecule has 0 atom stereocenters. The molecule has 0 spiro atoms. The number of sulfonamides is 1. The van der Waals surface area contributed by atoms with Gasteiger partial charge in [-0.25, -0.2) is 17.2 Å². The van der Waals surface area contributed by atoms with Crippen LogP contribution in [0.1, 0.15) is 17.3 Å². The third-order valence-corrected chi connectivity index (χ3v) is 6.45. The zero-order valence-electron chi connectivity index (χ0n) is 15.8. The normalized spacial score (nSPS) is 11.2. The number of hydrogen-bond donors (Lipinski definition) is 1. The molecule has 1 amide bonds. The maximum atomic E-state index is 13.4. The van der Waals surface area contributed by atoms with Crippen molar-refractivity contribution in [3.8, 4) is 0 Å². The number of anilines is 2. The third kappa shape index (κ3) is 4.60. The molecule has 1 N–H and O–H groups in total. The van der Waals surface area contributed by atoms with E-state index in [0.29, 0.717) is 11.8 Å². The second-order valence-corrected chi connectivity index (χ2v) is 8.53. The number of rotatable bonds is 6. The first-order chi connectivity index (χ1) is 14.2. The van der Waals surface area contributed by atoms with Gasteiger partial charge in [-0.15, -0.1) is 0 Å².